The summed E-state index contributed by atoms with van der Waals surface area (Å²) in [7, 11) is 0. The molecule has 1 aliphatic heterocycles. The van der Waals surface area contributed by atoms with Crippen molar-refractivity contribution in [1.29, 1.82) is 0 Å². The summed E-state index contributed by atoms with van der Waals surface area (Å²) in [6.07, 6.45) is 5.41. The van der Waals surface area contributed by atoms with E-state index in [1.54, 1.807) is 18.5 Å². The van der Waals surface area contributed by atoms with Crippen molar-refractivity contribution in [2.24, 2.45) is 0 Å². The first-order valence-electron chi connectivity index (χ1n) is 7.72. The molecule has 6 nitrogen and oxygen atoms in total. The van der Waals surface area contributed by atoms with E-state index < -0.39 is 0 Å². The van der Waals surface area contributed by atoms with Gasteiger partial charge in [0.2, 0.25) is 5.91 Å². The summed E-state index contributed by atoms with van der Waals surface area (Å²) >= 11 is 0. The van der Waals surface area contributed by atoms with Crippen LogP contribution in [-0.4, -0.2) is 45.3 Å². The molecule has 122 valence electrons. The summed E-state index contributed by atoms with van der Waals surface area (Å²) in [5.74, 6) is 0.142. The molecule has 2 heterocycles. The average molecular weight is 318 g/mol. The summed E-state index contributed by atoms with van der Waals surface area (Å²) in [5, 5.41) is 4.15. The molecule has 0 bridgehead atoms. The van der Waals surface area contributed by atoms with Crippen LogP contribution in [0, 0.1) is 5.82 Å². The van der Waals surface area contributed by atoms with Crippen LogP contribution in [0.2, 0.25) is 0 Å². The Morgan fingerprint density at radius 3 is 3.13 bits per heavy atom. The van der Waals surface area contributed by atoms with E-state index in [1.165, 1.54) is 18.5 Å². The quantitative estimate of drug-likeness (QED) is 0.846. The van der Waals surface area contributed by atoms with Crippen molar-refractivity contribution in [1.82, 2.24) is 19.7 Å². The molecule has 1 aromatic carbocycles. The molecule has 3 rings (SSSR count). The lowest BCUT2D eigenvalue weighted by Crippen LogP contribution is -2.41. The number of carbonyl (C=O) groups excluding carboxylic acids is 1. The van der Waals surface area contributed by atoms with E-state index >= 15 is 0 Å². The lowest BCUT2D eigenvalue weighted by atomic mass is 10.1. The molecule has 0 aliphatic carbocycles. The van der Waals surface area contributed by atoms with Crippen LogP contribution in [0.25, 0.3) is 0 Å². The number of hydrogen-bond acceptors (Lipinski definition) is 4. The monoisotopic (exact) mass is 318 g/mol. The maximum Gasteiger partial charge on any atom is 0.226 e. The highest BCUT2D eigenvalue weighted by molar-refractivity contribution is 5.76. The summed E-state index contributed by atoms with van der Waals surface area (Å²) in [6.45, 7) is 1.64. The zero-order valence-electron chi connectivity index (χ0n) is 12.8. The first kappa shape index (κ1) is 15.5. The number of ether oxygens (including phenoxy) is 1. The van der Waals surface area contributed by atoms with E-state index in [-0.39, 0.29) is 30.8 Å². The molecule has 0 spiro atoms. The fraction of sp³-hybridized carbons (Fsp3) is 0.438. The summed E-state index contributed by atoms with van der Waals surface area (Å²) < 4.78 is 20.3. The maximum atomic E-state index is 13.1. The van der Waals surface area contributed by atoms with Crippen LogP contribution in [0.3, 0.4) is 0 Å². The predicted octanol–water partition coefficient (Wildman–Crippen LogP) is 2.05. The number of aromatic nitrogens is 3. The molecule has 1 amide bonds. The molecule has 1 aromatic heterocycles. The molecule has 1 saturated heterocycles. The Balaban J connectivity index is 1.48. The molecule has 0 N–H and O–H groups in total. The molecule has 7 heteroatoms. The SMILES string of the molecule is O=C(CCOc1cccc(F)c1)N1CCC[C@@H](n2cncn2)C1. The Morgan fingerprint density at radius 1 is 1.43 bits per heavy atom. The summed E-state index contributed by atoms with van der Waals surface area (Å²) in [4.78, 5) is 18.1. The Bertz CT molecular complexity index is 647. The molecular formula is C16H19FN4O2. The van der Waals surface area contributed by atoms with Gasteiger partial charge < -0.3 is 9.64 Å². The van der Waals surface area contributed by atoms with Gasteiger partial charge in [-0.05, 0) is 25.0 Å². The fourth-order valence-corrected chi connectivity index (χ4v) is 2.77. The first-order chi connectivity index (χ1) is 11.2. The third-order valence-corrected chi connectivity index (χ3v) is 3.94. The van der Waals surface area contributed by atoms with E-state index in [4.69, 9.17) is 4.74 Å². The highest BCUT2D eigenvalue weighted by Crippen LogP contribution is 2.21. The van der Waals surface area contributed by atoms with Crippen LogP contribution >= 0.6 is 0 Å². The van der Waals surface area contributed by atoms with Gasteiger partial charge in [-0.3, -0.25) is 4.79 Å². The second-order valence-corrected chi connectivity index (χ2v) is 5.57. The number of rotatable bonds is 5. The van der Waals surface area contributed by atoms with Gasteiger partial charge in [0.1, 0.15) is 24.2 Å². The van der Waals surface area contributed by atoms with Crippen molar-refractivity contribution in [3.8, 4) is 5.75 Å². The maximum absolute atomic E-state index is 13.1. The Kier molecular flexibility index (Phi) is 4.85. The Labute approximate surface area is 133 Å². The molecule has 23 heavy (non-hydrogen) atoms. The minimum absolute atomic E-state index is 0.0474. The zero-order valence-corrected chi connectivity index (χ0v) is 12.8. The van der Waals surface area contributed by atoms with Crippen molar-refractivity contribution in [3.63, 3.8) is 0 Å². The lowest BCUT2D eigenvalue weighted by molar-refractivity contribution is -0.133. The fourth-order valence-electron chi connectivity index (χ4n) is 2.77. The number of likely N-dealkylation sites (tertiary alicyclic amines) is 1. The van der Waals surface area contributed by atoms with E-state index in [0.29, 0.717) is 12.3 Å². The van der Waals surface area contributed by atoms with Crippen molar-refractivity contribution >= 4 is 5.91 Å². The standard InChI is InChI=1S/C16H19FN4O2/c17-13-3-1-5-15(9-13)23-8-6-16(22)20-7-2-4-14(10-20)21-12-18-11-19-21/h1,3,5,9,11-12,14H,2,4,6-8,10H2/t14-/m1/s1. The molecule has 1 atom stereocenters. The minimum Gasteiger partial charge on any atom is -0.493 e. The van der Waals surface area contributed by atoms with Crippen LogP contribution in [0.1, 0.15) is 25.3 Å². The van der Waals surface area contributed by atoms with Crippen molar-refractivity contribution in [2.45, 2.75) is 25.3 Å². The third kappa shape index (κ3) is 4.06. The van der Waals surface area contributed by atoms with Crippen molar-refractivity contribution in [2.75, 3.05) is 19.7 Å². The van der Waals surface area contributed by atoms with E-state index in [2.05, 4.69) is 10.1 Å². The van der Waals surface area contributed by atoms with Gasteiger partial charge in [-0.2, -0.15) is 5.10 Å². The van der Waals surface area contributed by atoms with E-state index in [1.807, 2.05) is 9.58 Å². The highest BCUT2D eigenvalue weighted by atomic mass is 19.1. The minimum atomic E-state index is -0.347. The third-order valence-electron chi connectivity index (χ3n) is 3.94. The van der Waals surface area contributed by atoms with Crippen molar-refractivity contribution < 1.29 is 13.9 Å². The van der Waals surface area contributed by atoms with Crippen LogP contribution in [0.15, 0.2) is 36.9 Å². The second kappa shape index (κ2) is 7.21. The summed E-state index contributed by atoms with van der Waals surface area (Å²) in [6, 6.07) is 6.11. The van der Waals surface area contributed by atoms with Gasteiger partial charge in [0.25, 0.3) is 0 Å². The Morgan fingerprint density at radius 2 is 2.35 bits per heavy atom. The van der Waals surface area contributed by atoms with Gasteiger partial charge in [0.15, 0.2) is 0 Å². The molecule has 1 aliphatic rings. The largest absolute Gasteiger partial charge is 0.493 e. The lowest BCUT2D eigenvalue weighted by Gasteiger charge is -2.32. The highest BCUT2D eigenvalue weighted by Gasteiger charge is 2.24. The normalized spacial score (nSPS) is 18.0. The molecule has 2 aromatic rings. The molecule has 0 radical (unpaired) electrons. The molecule has 0 unspecified atom stereocenters. The smallest absolute Gasteiger partial charge is 0.226 e. The summed E-state index contributed by atoms with van der Waals surface area (Å²) in [5.41, 5.74) is 0. The van der Waals surface area contributed by atoms with Gasteiger partial charge in [-0.15, -0.1) is 0 Å². The number of hydrogen-bond donors (Lipinski definition) is 0. The number of amides is 1. The Hall–Kier alpha value is -2.44. The second-order valence-electron chi connectivity index (χ2n) is 5.57. The predicted molar refractivity (Wildman–Crippen MR) is 81.4 cm³/mol. The molecular weight excluding hydrogens is 299 g/mol. The van der Waals surface area contributed by atoms with E-state index in [0.717, 1.165) is 19.4 Å². The van der Waals surface area contributed by atoms with Gasteiger partial charge in [0, 0.05) is 19.2 Å². The van der Waals surface area contributed by atoms with Crippen LogP contribution in [-0.2, 0) is 4.79 Å². The van der Waals surface area contributed by atoms with Gasteiger partial charge in [0.05, 0.1) is 19.1 Å². The topological polar surface area (TPSA) is 60.2 Å². The van der Waals surface area contributed by atoms with Crippen molar-refractivity contribution in [3.05, 3.63) is 42.7 Å². The van der Waals surface area contributed by atoms with Gasteiger partial charge in [-0.25, -0.2) is 14.1 Å². The van der Waals surface area contributed by atoms with Gasteiger partial charge in [-0.1, -0.05) is 6.07 Å². The van der Waals surface area contributed by atoms with E-state index in [9.17, 15) is 9.18 Å². The van der Waals surface area contributed by atoms with Crippen LogP contribution < -0.4 is 4.74 Å². The van der Waals surface area contributed by atoms with Crippen LogP contribution in [0.5, 0.6) is 5.75 Å². The molecule has 0 saturated carbocycles. The number of halogens is 1. The van der Waals surface area contributed by atoms with Crippen LogP contribution in [0.4, 0.5) is 4.39 Å². The average Bonchev–Trinajstić information content (AvgIpc) is 3.09. The number of benzene rings is 1. The number of piperidine rings is 1. The first-order valence-corrected chi connectivity index (χ1v) is 7.72. The van der Waals surface area contributed by atoms with Gasteiger partial charge >= 0.3 is 0 Å². The zero-order chi connectivity index (χ0) is 16.1. The molecule has 1 fully saturated rings. The number of nitrogens with zero attached hydrogens (tertiary/aromatic N) is 4. The number of carbonyl (C=O) groups is 1.